The van der Waals surface area contributed by atoms with Gasteiger partial charge in [0, 0.05) is 12.6 Å². The van der Waals surface area contributed by atoms with Crippen molar-refractivity contribution in [3.05, 3.63) is 58.1 Å². The normalized spacial score (nSPS) is 11.9. The topological polar surface area (TPSA) is 67.9 Å². The molecule has 0 unspecified atom stereocenters. The Labute approximate surface area is 199 Å². The highest BCUT2D eigenvalue weighted by Gasteiger charge is 2.27. The Bertz CT molecular complexity index is 913. The molecule has 32 heavy (non-hydrogen) atoms. The van der Waals surface area contributed by atoms with Crippen molar-refractivity contribution in [2.75, 3.05) is 13.7 Å². The minimum Gasteiger partial charge on any atom is -0.497 e. The molecule has 2 aromatic carbocycles. The number of ether oxygens (including phenoxy) is 2. The summed E-state index contributed by atoms with van der Waals surface area (Å²) in [5, 5.41) is 2.88. The number of benzene rings is 2. The molecule has 0 aromatic heterocycles. The molecule has 0 saturated heterocycles. The maximum absolute atomic E-state index is 13.1. The van der Waals surface area contributed by atoms with E-state index in [1.165, 1.54) is 10.5 Å². The molecule has 1 N–H and O–H groups in total. The Morgan fingerprint density at radius 3 is 2.22 bits per heavy atom. The summed E-state index contributed by atoms with van der Waals surface area (Å²) < 4.78 is 11.8. The van der Waals surface area contributed by atoms with Crippen LogP contribution in [0.25, 0.3) is 0 Å². The van der Waals surface area contributed by atoms with Gasteiger partial charge < -0.3 is 19.7 Å². The van der Waals surface area contributed by atoms with E-state index in [1.54, 1.807) is 14.0 Å². The average Bonchev–Trinajstić information content (AvgIpc) is 2.75. The van der Waals surface area contributed by atoms with Crippen LogP contribution in [0, 0.1) is 0 Å². The van der Waals surface area contributed by atoms with Crippen molar-refractivity contribution in [3.63, 3.8) is 0 Å². The molecule has 0 aliphatic rings. The van der Waals surface area contributed by atoms with E-state index >= 15 is 0 Å². The van der Waals surface area contributed by atoms with Crippen LogP contribution < -0.4 is 14.8 Å². The number of hydrogen-bond acceptors (Lipinski definition) is 4. The second-order valence-corrected chi connectivity index (χ2v) is 9.20. The monoisotopic (exact) mass is 504 g/mol. The largest absolute Gasteiger partial charge is 0.497 e. The van der Waals surface area contributed by atoms with Crippen LogP contribution in [0.4, 0.5) is 0 Å². The second-order valence-electron chi connectivity index (χ2n) is 8.34. The molecule has 0 radical (unpaired) electrons. The van der Waals surface area contributed by atoms with E-state index in [0.717, 1.165) is 15.8 Å². The molecule has 0 fully saturated rings. The number of amides is 2. The van der Waals surface area contributed by atoms with Crippen molar-refractivity contribution in [2.24, 2.45) is 0 Å². The Morgan fingerprint density at radius 1 is 1.03 bits per heavy atom. The molecule has 2 aromatic rings. The zero-order valence-corrected chi connectivity index (χ0v) is 21.2. The maximum Gasteiger partial charge on any atom is 0.261 e. The lowest BCUT2D eigenvalue weighted by molar-refractivity contribution is -0.142. The van der Waals surface area contributed by atoms with Crippen LogP contribution in [0.2, 0.25) is 0 Å². The smallest absolute Gasteiger partial charge is 0.261 e. The minimum atomic E-state index is -0.651. The fraction of sp³-hybridized carbons (Fsp3) is 0.440. The van der Waals surface area contributed by atoms with E-state index in [0.29, 0.717) is 11.7 Å². The highest BCUT2D eigenvalue weighted by molar-refractivity contribution is 9.10. The van der Waals surface area contributed by atoms with Gasteiger partial charge in [-0.05, 0) is 78.0 Å². The first-order valence-corrected chi connectivity index (χ1v) is 11.6. The van der Waals surface area contributed by atoms with Crippen molar-refractivity contribution in [1.29, 1.82) is 0 Å². The van der Waals surface area contributed by atoms with Gasteiger partial charge in [-0.1, -0.05) is 32.0 Å². The number of halogens is 1. The molecule has 0 aliphatic heterocycles. The summed E-state index contributed by atoms with van der Waals surface area (Å²) in [6, 6.07) is 12.6. The Kier molecular flexibility index (Phi) is 9.57. The van der Waals surface area contributed by atoms with E-state index in [9.17, 15) is 9.59 Å². The highest BCUT2D eigenvalue weighted by atomic mass is 79.9. The number of rotatable bonds is 10. The van der Waals surface area contributed by atoms with Crippen LogP contribution in [0.1, 0.15) is 51.7 Å². The summed E-state index contributed by atoms with van der Waals surface area (Å²) in [6.07, 6.45) is 0. The van der Waals surface area contributed by atoms with Gasteiger partial charge in [0.15, 0.2) is 6.61 Å². The summed E-state index contributed by atoms with van der Waals surface area (Å²) in [7, 11) is 1.60. The minimum absolute atomic E-state index is 0.0189. The number of nitrogens with one attached hydrogen (secondary N) is 1. The second kappa shape index (κ2) is 11.9. The van der Waals surface area contributed by atoms with Gasteiger partial charge in [-0.25, -0.2) is 0 Å². The molecular weight excluding hydrogens is 472 g/mol. The van der Waals surface area contributed by atoms with Gasteiger partial charge in [0.2, 0.25) is 5.91 Å². The highest BCUT2D eigenvalue weighted by Crippen LogP contribution is 2.29. The first-order chi connectivity index (χ1) is 15.1. The molecule has 0 saturated carbocycles. The van der Waals surface area contributed by atoms with E-state index < -0.39 is 6.04 Å². The lowest BCUT2D eigenvalue weighted by atomic mass is 10.0. The SMILES string of the molecule is COc1ccc(CN(C(=O)COc2ccc(C(C)C)cc2Br)[C@H](C)C(=O)NC(C)C)cc1. The molecule has 0 heterocycles. The van der Waals surface area contributed by atoms with Gasteiger partial charge in [-0.2, -0.15) is 0 Å². The van der Waals surface area contributed by atoms with Crippen molar-refractivity contribution in [3.8, 4) is 11.5 Å². The van der Waals surface area contributed by atoms with Gasteiger partial charge in [0.25, 0.3) is 5.91 Å². The molecule has 2 amide bonds. The van der Waals surface area contributed by atoms with Crippen LogP contribution in [0.15, 0.2) is 46.9 Å². The molecule has 6 nitrogen and oxygen atoms in total. The number of carbonyl (C=O) groups is 2. The first-order valence-electron chi connectivity index (χ1n) is 10.8. The molecule has 2 rings (SSSR count). The van der Waals surface area contributed by atoms with Crippen LogP contribution in [-0.2, 0) is 16.1 Å². The summed E-state index contributed by atoms with van der Waals surface area (Å²) in [5.41, 5.74) is 2.07. The molecule has 1 atom stereocenters. The van der Waals surface area contributed by atoms with Crippen LogP contribution in [-0.4, -0.2) is 42.5 Å². The predicted molar refractivity (Wildman–Crippen MR) is 130 cm³/mol. The Balaban J connectivity index is 2.17. The van der Waals surface area contributed by atoms with E-state index in [2.05, 4.69) is 35.1 Å². The van der Waals surface area contributed by atoms with Crippen molar-refractivity contribution in [1.82, 2.24) is 10.2 Å². The van der Waals surface area contributed by atoms with Gasteiger partial charge >= 0.3 is 0 Å². The molecule has 0 spiro atoms. The Morgan fingerprint density at radius 2 is 1.69 bits per heavy atom. The summed E-state index contributed by atoms with van der Waals surface area (Å²) >= 11 is 3.52. The lowest BCUT2D eigenvalue weighted by Crippen LogP contribution is -2.50. The van der Waals surface area contributed by atoms with Gasteiger partial charge in [0.1, 0.15) is 17.5 Å². The molecular formula is C25H33BrN2O4. The first kappa shape index (κ1) is 25.7. The van der Waals surface area contributed by atoms with Gasteiger partial charge in [-0.3, -0.25) is 9.59 Å². The van der Waals surface area contributed by atoms with E-state index in [-0.39, 0.29) is 31.0 Å². The number of carbonyl (C=O) groups excluding carboxylic acids is 2. The summed E-state index contributed by atoms with van der Waals surface area (Å²) in [4.78, 5) is 27.3. The Hall–Kier alpha value is -2.54. The van der Waals surface area contributed by atoms with Crippen LogP contribution >= 0.6 is 15.9 Å². The van der Waals surface area contributed by atoms with E-state index in [1.807, 2.05) is 56.3 Å². The zero-order valence-electron chi connectivity index (χ0n) is 19.6. The number of nitrogens with zero attached hydrogens (tertiary/aromatic N) is 1. The third-order valence-corrected chi connectivity index (χ3v) is 5.70. The molecule has 174 valence electrons. The fourth-order valence-electron chi connectivity index (χ4n) is 3.13. The van der Waals surface area contributed by atoms with Gasteiger partial charge in [-0.15, -0.1) is 0 Å². The quantitative estimate of drug-likeness (QED) is 0.499. The number of hydrogen-bond donors (Lipinski definition) is 1. The van der Waals surface area contributed by atoms with Crippen molar-refractivity contribution < 1.29 is 19.1 Å². The third-order valence-electron chi connectivity index (χ3n) is 5.08. The van der Waals surface area contributed by atoms with Crippen molar-refractivity contribution in [2.45, 2.75) is 59.2 Å². The van der Waals surface area contributed by atoms with Gasteiger partial charge in [0.05, 0.1) is 11.6 Å². The van der Waals surface area contributed by atoms with Crippen molar-refractivity contribution >= 4 is 27.7 Å². The lowest BCUT2D eigenvalue weighted by Gasteiger charge is -2.29. The standard InChI is InChI=1S/C25H33BrN2O4/c1-16(2)20-9-12-23(22(26)13-20)32-15-24(29)28(18(5)25(30)27-17(3)4)14-19-7-10-21(31-6)11-8-19/h7-13,16-18H,14-15H2,1-6H3,(H,27,30)/t18-/m1/s1. The zero-order chi connectivity index (χ0) is 23.8. The van der Waals surface area contributed by atoms with Crippen LogP contribution in [0.5, 0.6) is 11.5 Å². The summed E-state index contributed by atoms with van der Waals surface area (Å²) in [5.74, 6) is 1.24. The summed E-state index contributed by atoms with van der Waals surface area (Å²) in [6.45, 7) is 9.86. The molecule has 0 aliphatic carbocycles. The third kappa shape index (κ3) is 7.26. The predicted octanol–water partition coefficient (Wildman–Crippen LogP) is 4.90. The number of methoxy groups -OCH3 is 1. The molecule has 7 heteroatoms. The maximum atomic E-state index is 13.1. The van der Waals surface area contributed by atoms with E-state index in [4.69, 9.17) is 9.47 Å². The fourth-order valence-corrected chi connectivity index (χ4v) is 3.64. The van der Waals surface area contributed by atoms with Crippen LogP contribution in [0.3, 0.4) is 0 Å². The average molecular weight is 505 g/mol. The molecule has 0 bridgehead atoms.